The number of fused-ring (bicyclic) bond motifs is 1. The summed E-state index contributed by atoms with van der Waals surface area (Å²) in [6.07, 6.45) is 2.33. The van der Waals surface area contributed by atoms with Crippen molar-refractivity contribution in [3.05, 3.63) is 83.4 Å². The zero-order valence-electron chi connectivity index (χ0n) is 31.0. The molecule has 1 N–H and O–H groups in total. The number of hydrogen-bond donors (Lipinski definition) is 1. The normalized spacial score (nSPS) is 20.2. The Morgan fingerprint density at radius 1 is 0.830 bits per heavy atom. The smallest absolute Gasteiger partial charge is 0.249 e. The van der Waals surface area contributed by atoms with E-state index in [0.717, 1.165) is 11.1 Å². The predicted molar refractivity (Wildman–Crippen MR) is 203 cm³/mol. The van der Waals surface area contributed by atoms with Gasteiger partial charge >= 0.3 is 0 Å². The molecule has 53 heavy (non-hydrogen) atoms. The second-order valence-electron chi connectivity index (χ2n) is 12.3. The zero-order chi connectivity index (χ0) is 38.3. The van der Waals surface area contributed by atoms with Gasteiger partial charge < -0.3 is 51.9 Å². The summed E-state index contributed by atoms with van der Waals surface area (Å²) >= 11 is 1.46. The molecule has 284 valence electrons. The molecule has 3 aromatic carbocycles. The number of aliphatic hydroxyl groups is 1. The molecule has 3 aromatic rings. The van der Waals surface area contributed by atoms with E-state index in [0.29, 0.717) is 47.8 Å². The SMILES string of the molecule is CCC(O[Si])OC(OC(CC)O[Si])C(C)Cc1ccc(OCC#CC2(O)c3ccc(OCOC)cc3OCC2(SC)c2ccc(OCOC)cc2)cc1. The van der Waals surface area contributed by atoms with Crippen LogP contribution < -0.4 is 18.9 Å². The Morgan fingerprint density at radius 2 is 1.40 bits per heavy atom. The highest BCUT2D eigenvalue weighted by atomic mass is 32.2. The first kappa shape index (κ1) is 42.7. The summed E-state index contributed by atoms with van der Waals surface area (Å²) in [7, 11) is 9.31. The minimum atomic E-state index is -1.67. The molecule has 0 amide bonds. The first-order chi connectivity index (χ1) is 25.7. The fourth-order valence-electron chi connectivity index (χ4n) is 5.86. The van der Waals surface area contributed by atoms with Crippen LogP contribution in [0.2, 0.25) is 0 Å². The van der Waals surface area contributed by atoms with Gasteiger partial charge in [0.1, 0.15) is 53.5 Å². The molecule has 1 aliphatic rings. The van der Waals surface area contributed by atoms with Crippen LogP contribution in [0, 0.1) is 17.8 Å². The molecule has 14 heteroatoms. The van der Waals surface area contributed by atoms with E-state index in [1.54, 1.807) is 32.4 Å². The van der Waals surface area contributed by atoms with Crippen molar-refractivity contribution in [2.45, 2.75) is 69.3 Å². The third-order valence-corrected chi connectivity index (χ3v) is 10.6. The molecule has 11 nitrogen and oxygen atoms in total. The molecule has 0 spiro atoms. The topological polar surface area (TPSA) is 113 Å². The molecule has 0 aliphatic carbocycles. The fourth-order valence-corrected chi connectivity index (χ4v) is 7.31. The van der Waals surface area contributed by atoms with Crippen LogP contribution >= 0.6 is 11.8 Å². The molecule has 0 saturated carbocycles. The minimum Gasteiger partial charge on any atom is -0.491 e. The zero-order valence-corrected chi connectivity index (χ0v) is 33.9. The summed E-state index contributed by atoms with van der Waals surface area (Å²) in [6.45, 7) is 6.36. The maximum absolute atomic E-state index is 12.7. The average Bonchev–Trinajstić information content (AvgIpc) is 3.19. The second kappa shape index (κ2) is 21.1. The van der Waals surface area contributed by atoms with E-state index in [-0.39, 0.29) is 32.7 Å². The van der Waals surface area contributed by atoms with Crippen molar-refractivity contribution in [2.75, 3.05) is 47.3 Å². The van der Waals surface area contributed by atoms with E-state index in [1.807, 2.05) is 68.6 Å². The molecule has 1 heterocycles. The Balaban J connectivity index is 1.54. The highest BCUT2D eigenvalue weighted by Crippen LogP contribution is 2.55. The van der Waals surface area contributed by atoms with E-state index in [2.05, 4.69) is 39.7 Å². The van der Waals surface area contributed by atoms with E-state index in [1.165, 1.54) is 11.8 Å². The monoisotopic (exact) mass is 780 g/mol. The highest BCUT2D eigenvalue weighted by Gasteiger charge is 2.56. The maximum Gasteiger partial charge on any atom is 0.249 e. The van der Waals surface area contributed by atoms with E-state index < -0.39 is 29.2 Å². The third kappa shape index (κ3) is 10.8. The molecular weight excluding hydrogens is 733 g/mol. The van der Waals surface area contributed by atoms with Gasteiger partial charge in [0.25, 0.3) is 0 Å². The van der Waals surface area contributed by atoms with Crippen LogP contribution in [-0.2, 0) is 44.6 Å². The molecule has 6 radical (unpaired) electrons. The van der Waals surface area contributed by atoms with Gasteiger partial charge in [-0.15, -0.1) is 11.8 Å². The molecule has 5 unspecified atom stereocenters. The summed E-state index contributed by atoms with van der Waals surface area (Å²) in [4.78, 5) is 0. The van der Waals surface area contributed by atoms with Crippen molar-refractivity contribution >= 4 is 32.7 Å². The molecule has 1 aliphatic heterocycles. The van der Waals surface area contributed by atoms with Gasteiger partial charge in [0.2, 0.25) is 21.0 Å². The first-order valence-electron chi connectivity index (χ1n) is 17.3. The molecule has 4 rings (SSSR count). The quantitative estimate of drug-likeness (QED) is 0.0804. The van der Waals surface area contributed by atoms with Crippen LogP contribution in [0.5, 0.6) is 23.0 Å². The standard InChI is InChI=1S/C39H48O11SSi2/c1-7-35(49-52)47-37(48-36(8-2)50-53)27(3)22-28-10-14-30(15-11-28)43-21-9-20-38(40)33-19-18-32(46-26-42-5)23-34(33)44-24-39(38,51-6)29-12-16-31(17-13-29)45-25-41-4/h10-19,23,27,35-37,40H,7-8,21-22,24-26H2,1-6H3. The van der Waals surface area contributed by atoms with Crippen LogP contribution in [0.4, 0.5) is 0 Å². The number of ether oxygens (including phenoxy) is 8. The fraction of sp³-hybridized carbons (Fsp3) is 0.487. The van der Waals surface area contributed by atoms with Crippen molar-refractivity contribution in [2.24, 2.45) is 5.92 Å². The molecule has 0 fully saturated rings. The number of thioether (sulfide) groups is 1. The number of hydrogen-bond acceptors (Lipinski definition) is 12. The maximum atomic E-state index is 12.7. The minimum absolute atomic E-state index is 0.0316. The van der Waals surface area contributed by atoms with E-state index >= 15 is 0 Å². The molecular formula is C39H48O11SSi2. The van der Waals surface area contributed by atoms with Gasteiger partial charge in [-0.3, -0.25) is 0 Å². The summed E-state index contributed by atoms with van der Waals surface area (Å²) in [6, 6.07) is 20.6. The lowest BCUT2D eigenvalue weighted by Crippen LogP contribution is -2.53. The van der Waals surface area contributed by atoms with Crippen molar-refractivity contribution in [3.8, 4) is 34.8 Å². The summed E-state index contributed by atoms with van der Waals surface area (Å²) in [5, 5.41) is 12.7. The second-order valence-corrected chi connectivity index (χ2v) is 13.9. The van der Waals surface area contributed by atoms with Crippen molar-refractivity contribution in [1.29, 1.82) is 0 Å². The van der Waals surface area contributed by atoms with Crippen molar-refractivity contribution in [1.82, 2.24) is 0 Å². The van der Waals surface area contributed by atoms with Crippen LogP contribution in [0.25, 0.3) is 0 Å². The van der Waals surface area contributed by atoms with Gasteiger partial charge in [-0.1, -0.05) is 56.9 Å². The van der Waals surface area contributed by atoms with Crippen LogP contribution in [-0.4, -0.2) is 92.2 Å². The highest BCUT2D eigenvalue weighted by molar-refractivity contribution is 7.99. The largest absolute Gasteiger partial charge is 0.491 e. The molecule has 0 saturated heterocycles. The van der Waals surface area contributed by atoms with Gasteiger partial charge in [-0.25, -0.2) is 0 Å². The Labute approximate surface area is 324 Å². The predicted octanol–water partition coefficient (Wildman–Crippen LogP) is 5.78. The number of rotatable bonds is 21. The molecule has 0 bridgehead atoms. The van der Waals surface area contributed by atoms with E-state index in [9.17, 15) is 5.11 Å². The summed E-state index contributed by atoms with van der Waals surface area (Å²) in [5.74, 6) is 8.55. The summed E-state index contributed by atoms with van der Waals surface area (Å²) < 4.78 is 55.4. The van der Waals surface area contributed by atoms with Gasteiger partial charge in [0, 0.05) is 31.8 Å². The van der Waals surface area contributed by atoms with Crippen LogP contribution in [0.1, 0.15) is 50.3 Å². The van der Waals surface area contributed by atoms with E-state index in [4.69, 9.17) is 46.7 Å². The number of methoxy groups -OCH3 is 2. The Kier molecular flexibility index (Phi) is 17.0. The summed E-state index contributed by atoms with van der Waals surface area (Å²) in [5.41, 5.74) is 0.722. The average molecular weight is 781 g/mol. The first-order valence-corrected chi connectivity index (χ1v) is 19.3. The lowest BCUT2D eigenvalue weighted by atomic mass is 9.75. The Bertz CT molecular complexity index is 1580. The van der Waals surface area contributed by atoms with Crippen molar-refractivity contribution < 1.29 is 51.9 Å². The van der Waals surface area contributed by atoms with Gasteiger partial charge in [0.05, 0.1) is 0 Å². The Morgan fingerprint density at radius 3 is 1.96 bits per heavy atom. The van der Waals surface area contributed by atoms with Crippen LogP contribution in [0.15, 0.2) is 66.7 Å². The van der Waals surface area contributed by atoms with Crippen molar-refractivity contribution in [3.63, 3.8) is 0 Å². The van der Waals surface area contributed by atoms with Crippen LogP contribution in [0.3, 0.4) is 0 Å². The van der Waals surface area contributed by atoms with Gasteiger partial charge in [-0.2, -0.15) is 0 Å². The van der Waals surface area contributed by atoms with Gasteiger partial charge in [-0.05, 0) is 73.0 Å². The van der Waals surface area contributed by atoms with Gasteiger partial charge in [0.15, 0.2) is 25.5 Å². The number of benzene rings is 3. The lowest BCUT2D eigenvalue weighted by molar-refractivity contribution is -0.280. The molecule has 0 aromatic heterocycles. The lowest BCUT2D eigenvalue weighted by Gasteiger charge is -2.47. The molecule has 5 atom stereocenters. The Hall–Kier alpha value is -3.08. The third-order valence-electron chi connectivity index (χ3n) is 8.74.